The van der Waals surface area contributed by atoms with Crippen molar-refractivity contribution in [2.75, 3.05) is 44.7 Å². The molecule has 1 aromatic carbocycles. The zero-order chi connectivity index (χ0) is 15.6. The number of aromatic nitrogens is 4. The van der Waals surface area contributed by atoms with Crippen molar-refractivity contribution in [3.8, 4) is 0 Å². The average Bonchev–Trinajstić information content (AvgIpc) is 3.06. The van der Waals surface area contributed by atoms with Gasteiger partial charge in [-0.05, 0) is 18.2 Å². The molecule has 0 radical (unpaired) electrons. The Morgan fingerprint density at radius 2 is 2.13 bits per heavy atom. The molecule has 0 aliphatic carbocycles. The van der Waals surface area contributed by atoms with Gasteiger partial charge in [-0.25, -0.2) is 4.98 Å². The topological polar surface area (TPSA) is 67.6 Å². The van der Waals surface area contributed by atoms with Crippen LogP contribution in [-0.4, -0.2) is 63.9 Å². The molecular weight excluding hydrogens is 316 g/mol. The molecule has 0 spiro atoms. The molecule has 3 aromatic rings. The highest BCUT2D eigenvalue weighted by molar-refractivity contribution is 6.31. The van der Waals surface area contributed by atoms with Crippen LogP contribution in [-0.2, 0) is 4.74 Å². The van der Waals surface area contributed by atoms with Gasteiger partial charge in [0.2, 0.25) is 5.65 Å². The Balaban J connectivity index is 1.58. The van der Waals surface area contributed by atoms with Crippen LogP contribution in [0.25, 0.3) is 16.7 Å². The summed E-state index contributed by atoms with van der Waals surface area (Å²) >= 11 is 6.08. The molecule has 0 atom stereocenters. The van der Waals surface area contributed by atoms with Gasteiger partial charge in [0.15, 0.2) is 5.82 Å². The maximum Gasteiger partial charge on any atom is 0.203 e. The predicted octanol–water partition coefficient (Wildman–Crippen LogP) is 1.67. The first kappa shape index (κ1) is 14.6. The fourth-order valence-electron chi connectivity index (χ4n) is 2.80. The van der Waals surface area contributed by atoms with Gasteiger partial charge < -0.3 is 10.1 Å². The molecule has 7 nitrogen and oxygen atoms in total. The quantitative estimate of drug-likeness (QED) is 0.784. The summed E-state index contributed by atoms with van der Waals surface area (Å²) in [6, 6.07) is 5.62. The molecule has 2 aromatic heterocycles. The predicted molar refractivity (Wildman–Crippen MR) is 89.0 cm³/mol. The standard InChI is InChI=1S/C15H17ClN6O/c16-11-1-2-12-13(9-11)22-10-18-20-15(22)14(19-12)17-3-4-21-5-7-23-8-6-21/h1-2,9-10H,3-8H2,(H,17,19). The molecule has 8 heteroatoms. The normalized spacial score (nSPS) is 16.2. The first-order valence-electron chi connectivity index (χ1n) is 7.64. The van der Waals surface area contributed by atoms with Crippen molar-refractivity contribution in [2.45, 2.75) is 0 Å². The first-order valence-corrected chi connectivity index (χ1v) is 8.02. The second-order valence-corrected chi connectivity index (χ2v) is 5.94. The highest BCUT2D eigenvalue weighted by Gasteiger charge is 2.12. The van der Waals surface area contributed by atoms with E-state index >= 15 is 0 Å². The summed E-state index contributed by atoms with van der Waals surface area (Å²) in [6.45, 7) is 5.32. The number of anilines is 1. The van der Waals surface area contributed by atoms with Gasteiger partial charge in [0, 0.05) is 31.2 Å². The van der Waals surface area contributed by atoms with Gasteiger partial charge in [-0.2, -0.15) is 0 Å². The highest BCUT2D eigenvalue weighted by atomic mass is 35.5. The Morgan fingerprint density at radius 1 is 1.26 bits per heavy atom. The molecule has 0 amide bonds. The lowest BCUT2D eigenvalue weighted by atomic mass is 10.3. The molecule has 23 heavy (non-hydrogen) atoms. The SMILES string of the molecule is Clc1ccc2nc(NCCN3CCOCC3)c3nncn3c2c1. The van der Waals surface area contributed by atoms with E-state index in [1.807, 2.05) is 22.6 Å². The second-order valence-electron chi connectivity index (χ2n) is 5.50. The molecular formula is C15H17ClN6O. The summed E-state index contributed by atoms with van der Waals surface area (Å²) < 4.78 is 7.27. The van der Waals surface area contributed by atoms with E-state index in [2.05, 4.69) is 25.4 Å². The monoisotopic (exact) mass is 332 g/mol. The molecule has 0 saturated carbocycles. The van der Waals surface area contributed by atoms with Crippen LogP contribution in [0.3, 0.4) is 0 Å². The van der Waals surface area contributed by atoms with Crippen LogP contribution in [0.5, 0.6) is 0 Å². The van der Waals surface area contributed by atoms with Crippen molar-refractivity contribution < 1.29 is 4.74 Å². The zero-order valence-electron chi connectivity index (χ0n) is 12.6. The Hall–Kier alpha value is -1.96. The summed E-state index contributed by atoms with van der Waals surface area (Å²) in [5, 5.41) is 12.2. The van der Waals surface area contributed by atoms with Crippen LogP contribution < -0.4 is 5.32 Å². The summed E-state index contributed by atoms with van der Waals surface area (Å²) in [5.41, 5.74) is 2.47. The number of hydrogen-bond acceptors (Lipinski definition) is 6. The van der Waals surface area contributed by atoms with Gasteiger partial charge in [0.25, 0.3) is 0 Å². The molecule has 1 aliphatic heterocycles. The highest BCUT2D eigenvalue weighted by Crippen LogP contribution is 2.22. The molecule has 1 aliphatic rings. The third-order valence-corrected chi connectivity index (χ3v) is 4.25. The van der Waals surface area contributed by atoms with E-state index in [0.29, 0.717) is 10.7 Å². The minimum Gasteiger partial charge on any atom is -0.379 e. The van der Waals surface area contributed by atoms with Crippen LogP contribution in [0.15, 0.2) is 24.5 Å². The number of halogens is 1. The van der Waals surface area contributed by atoms with Crippen molar-refractivity contribution in [1.29, 1.82) is 0 Å². The van der Waals surface area contributed by atoms with Crippen LogP contribution in [0.1, 0.15) is 0 Å². The number of rotatable bonds is 4. The maximum atomic E-state index is 6.08. The minimum absolute atomic E-state index is 0.669. The van der Waals surface area contributed by atoms with Gasteiger partial charge in [-0.15, -0.1) is 10.2 Å². The second kappa shape index (κ2) is 6.27. The minimum atomic E-state index is 0.669. The number of benzene rings is 1. The van der Waals surface area contributed by atoms with Crippen molar-refractivity contribution in [3.05, 3.63) is 29.5 Å². The molecule has 0 bridgehead atoms. The Morgan fingerprint density at radius 3 is 3.00 bits per heavy atom. The molecule has 1 N–H and O–H groups in total. The van der Waals surface area contributed by atoms with E-state index in [1.165, 1.54) is 0 Å². The van der Waals surface area contributed by atoms with E-state index in [4.69, 9.17) is 16.3 Å². The van der Waals surface area contributed by atoms with Crippen LogP contribution in [0.4, 0.5) is 5.82 Å². The van der Waals surface area contributed by atoms with Gasteiger partial charge in [0.1, 0.15) is 6.33 Å². The largest absolute Gasteiger partial charge is 0.379 e. The smallest absolute Gasteiger partial charge is 0.203 e. The van der Waals surface area contributed by atoms with E-state index in [9.17, 15) is 0 Å². The lowest BCUT2D eigenvalue weighted by Crippen LogP contribution is -2.39. The number of nitrogens with one attached hydrogen (secondary N) is 1. The molecule has 0 unspecified atom stereocenters. The van der Waals surface area contributed by atoms with E-state index in [0.717, 1.165) is 56.2 Å². The van der Waals surface area contributed by atoms with Crippen molar-refractivity contribution >= 4 is 34.1 Å². The van der Waals surface area contributed by atoms with E-state index < -0.39 is 0 Å². The van der Waals surface area contributed by atoms with Gasteiger partial charge >= 0.3 is 0 Å². The van der Waals surface area contributed by atoms with Crippen LogP contribution >= 0.6 is 11.6 Å². The van der Waals surface area contributed by atoms with Gasteiger partial charge in [-0.1, -0.05) is 11.6 Å². The summed E-state index contributed by atoms with van der Waals surface area (Å²) in [5.74, 6) is 0.741. The Bertz CT molecular complexity index is 829. The number of ether oxygens (including phenoxy) is 1. The lowest BCUT2D eigenvalue weighted by molar-refractivity contribution is 0.0398. The van der Waals surface area contributed by atoms with Crippen molar-refractivity contribution in [2.24, 2.45) is 0 Å². The fourth-order valence-corrected chi connectivity index (χ4v) is 2.97. The summed E-state index contributed by atoms with van der Waals surface area (Å²) in [7, 11) is 0. The Labute approximate surface area is 138 Å². The number of fused-ring (bicyclic) bond motifs is 3. The van der Waals surface area contributed by atoms with Gasteiger partial charge in [0.05, 0.1) is 24.2 Å². The number of hydrogen-bond donors (Lipinski definition) is 1. The molecule has 1 fully saturated rings. The van der Waals surface area contributed by atoms with Crippen LogP contribution in [0.2, 0.25) is 5.02 Å². The van der Waals surface area contributed by atoms with Crippen LogP contribution in [0, 0.1) is 0 Å². The molecule has 120 valence electrons. The summed E-state index contributed by atoms with van der Waals surface area (Å²) in [4.78, 5) is 7.04. The summed E-state index contributed by atoms with van der Waals surface area (Å²) in [6.07, 6.45) is 1.68. The average molecular weight is 333 g/mol. The number of nitrogens with zero attached hydrogens (tertiary/aromatic N) is 5. The molecule has 1 saturated heterocycles. The van der Waals surface area contributed by atoms with Gasteiger partial charge in [-0.3, -0.25) is 9.30 Å². The fraction of sp³-hybridized carbons (Fsp3) is 0.400. The Kier molecular flexibility index (Phi) is 3.99. The van der Waals surface area contributed by atoms with Crippen molar-refractivity contribution in [1.82, 2.24) is 24.5 Å². The molecule has 4 rings (SSSR count). The van der Waals surface area contributed by atoms with E-state index in [1.54, 1.807) is 6.33 Å². The molecule has 3 heterocycles. The third kappa shape index (κ3) is 2.95. The number of morpholine rings is 1. The maximum absolute atomic E-state index is 6.08. The first-order chi connectivity index (χ1) is 11.3. The van der Waals surface area contributed by atoms with Crippen molar-refractivity contribution in [3.63, 3.8) is 0 Å². The zero-order valence-corrected chi connectivity index (χ0v) is 13.3. The van der Waals surface area contributed by atoms with E-state index in [-0.39, 0.29) is 0 Å². The third-order valence-electron chi connectivity index (χ3n) is 4.01. The lowest BCUT2D eigenvalue weighted by Gasteiger charge is -2.26.